The van der Waals surface area contributed by atoms with Crippen LogP contribution in [0, 0.1) is 0 Å². The molecule has 0 unspecified atom stereocenters. The van der Waals surface area contributed by atoms with E-state index in [2.05, 4.69) is 22.5 Å². The van der Waals surface area contributed by atoms with Crippen LogP contribution in [0.1, 0.15) is 6.92 Å². The van der Waals surface area contributed by atoms with E-state index in [4.69, 9.17) is 21.1 Å². The van der Waals surface area contributed by atoms with E-state index in [0.717, 1.165) is 4.47 Å². The van der Waals surface area contributed by atoms with Crippen LogP contribution < -0.4 is 4.74 Å². The Morgan fingerprint density at radius 3 is 2.82 bits per heavy atom. The van der Waals surface area contributed by atoms with Gasteiger partial charge in [0.2, 0.25) is 0 Å². The Balaban J connectivity index is 2.56. The molecule has 0 bridgehead atoms. The summed E-state index contributed by atoms with van der Waals surface area (Å²) in [5.74, 6) is 0.150. The Labute approximate surface area is 113 Å². The zero-order valence-electron chi connectivity index (χ0n) is 9.33. The molecule has 0 amide bonds. The third kappa shape index (κ3) is 4.40. The van der Waals surface area contributed by atoms with Gasteiger partial charge in [-0.2, -0.15) is 0 Å². The highest BCUT2D eigenvalue weighted by Gasteiger charge is 2.09. The average Bonchev–Trinajstić information content (AvgIpc) is 2.27. The summed E-state index contributed by atoms with van der Waals surface area (Å²) < 4.78 is 10.9. The summed E-state index contributed by atoms with van der Waals surface area (Å²) >= 11 is 9.10. The zero-order chi connectivity index (χ0) is 12.8. The molecule has 1 aromatic rings. The first-order valence-corrected chi connectivity index (χ1v) is 6.14. The summed E-state index contributed by atoms with van der Waals surface area (Å²) in [4.78, 5) is 11.3. The topological polar surface area (TPSA) is 35.5 Å². The fraction of sp³-hybridized carbons (Fsp3) is 0.250. The molecule has 0 saturated heterocycles. The second kappa shape index (κ2) is 6.67. The van der Waals surface area contributed by atoms with Gasteiger partial charge in [-0.15, -0.1) is 0 Å². The Kier molecular flexibility index (Phi) is 5.51. The minimum absolute atomic E-state index is 0.0824. The molecule has 17 heavy (non-hydrogen) atoms. The number of hydrogen-bond acceptors (Lipinski definition) is 3. The number of ether oxygens (including phenoxy) is 2. The highest BCUT2D eigenvalue weighted by molar-refractivity contribution is 9.10. The van der Waals surface area contributed by atoms with Crippen LogP contribution in [-0.2, 0) is 9.53 Å². The van der Waals surface area contributed by atoms with Gasteiger partial charge < -0.3 is 9.47 Å². The molecule has 0 radical (unpaired) electrons. The smallest absolute Gasteiger partial charge is 0.336 e. The summed E-state index contributed by atoms with van der Waals surface area (Å²) in [6, 6.07) is 5.13. The highest BCUT2D eigenvalue weighted by Crippen LogP contribution is 2.28. The first-order chi connectivity index (χ1) is 8.04. The van der Waals surface area contributed by atoms with Gasteiger partial charge in [-0.05, 0) is 41.1 Å². The summed E-state index contributed by atoms with van der Waals surface area (Å²) in [5, 5.41) is 0.605. The maximum absolute atomic E-state index is 11.3. The van der Waals surface area contributed by atoms with Crippen molar-refractivity contribution in [3.8, 4) is 5.75 Å². The number of rotatable bonds is 5. The first kappa shape index (κ1) is 14.1. The lowest BCUT2D eigenvalue weighted by atomic mass is 10.3. The molecule has 1 aromatic carbocycles. The maximum Gasteiger partial charge on any atom is 0.336 e. The van der Waals surface area contributed by atoms with Crippen molar-refractivity contribution in [2.24, 2.45) is 0 Å². The monoisotopic (exact) mass is 318 g/mol. The molecule has 0 atom stereocenters. The van der Waals surface area contributed by atoms with Crippen molar-refractivity contribution in [2.75, 3.05) is 13.2 Å². The van der Waals surface area contributed by atoms with Crippen LogP contribution in [0.4, 0.5) is 0 Å². The fourth-order valence-electron chi connectivity index (χ4n) is 1.05. The molecule has 92 valence electrons. The molecule has 3 nitrogen and oxygen atoms in total. The maximum atomic E-state index is 11.3. The summed E-state index contributed by atoms with van der Waals surface area (Å²) in [7, 11) is 0. The van der Waals surface area contributed by atoms with Crippen molar-refractivity contribution in [2.45, 2.75) is 6.92 Å². The highest BCUT2D eigenvalue weighted by atomic mass is 79.9. The quantitative estimate of drug-likeness (QED) is 0.614. The second-order valence-corrected chi connectivity index (χ2v) is 4.48. The zero-order valence-corrected chi connectivity index (χ0v) is 11.7. The molecule has 0 N–H and O–H groups in total. The van der Waals surface area contributed by atoms with Crippen molar-refractivity contribution in [1.82, 2.24) is 0 Å². The van der Waals surface area contributed by atoms with Crippen LogP contribution in [0.25, 0.3) is 0 Å². The predicted molar refractivity (Wildman–Crippen MR) is 70.4 cm³/mol. The predicted octanol–water partition coefficient (Wildman–Crippen LogP) is 3.60. The van der Waals surface area contributed by atoms with Gasteiger partial charge >= 0.3 is 5.97 Å². The van der Waals surface area contributed by atoms with Gasteiger partial charge in [0, 0.05) is 5.02 Å². The third-order valence-corrected chi connectivity index (χ3v) is 2.71. The molecular formula is C12H12BrClO3. The molecule has 0 heterocycles. The number of carbonyl (C=O) groups is 1. The number of carbonyl (C=O) groups excluding carboxylic acids is 1. The van der Waals surface area contributed by atoms with E-state index in [0.29, 0.717) is 17.4 Å². The molecule has 1 rings (SSSR count). The minimum atomic E-state index is -0.447. The van der Waals surface area contributed by atoms with Crippen molar-refractivity contribution in [1.29, 1.82) is 0 Å². The molecule has 0 aliphatic heterocycles. The van der Waals surface area contributed by atoms with Gasteiger partial charge in [0.15, 0.2) is 0 Å². The van der Waals surface area contributed by atoms with Crippen LogP contribution in [0.15, 0.2) is 34.8 Å². The van der Waals surface area contributed by atoms with E-state index in [-0.39, 0.29) is 12.2 Å². The first-order valence-electron chi connectivity index (χ1n) is 4.97. The van der Waals surface area contributed by atoms with E-state index in [1.165, 1.54) is 0 Å². The number of esters is 1. The number of hydrogen-bond donors (Lipinski definition) is 0. The molecule has 0 saturated carbocycles. The lowest BCUT2D eigenvalue weighted by Gasteiger charge is -2.09. The van der Waals surface area contributed by atoms with Crippen LogP contribution in [-0.4, -0.2) is 19.2 Å². The van der Waals surface area contributed by atoms with Crippen molar-refractivity contribution in [3.63, 3.8) is 0 Å². The molecule has 5 heteroatoms. The Morgan fingerprint density at radius 1 is 1.53 bits per heavy atom. The molecule has 0 fully saturated rings. The van der Waals surface area contributed by atoms with Gasteiger partial charge in [0.25, 0.3) is 0 Å². The van der Waals surface area contributed by atoms with Gasteiger partial charge in [-0.25, -0.2) is 4.79 Å². The lowest BCUT2D eigenvalue weighted by Crippen LogP contribution is -2.13. The Morgan fingerprint density at radius 2 is 2.24 bits per heavy atom. The summed E-state index contributed by atoms with van der Waals surface area (Å²) in [5.41, 5.74) is 0.272. The molecular weight excluding hydrogens is 307 g/mol. The number of benzene rings is 1. The van der Waals surface area contributed by atoms with E-state index in [1.807, 2.05) is 0 Å². The van der Waals surface area contributed by atoms with Gasteiger partial charge in [-0.1, -0.05) is 18.2 Å². The van der Waals surface area contributed by atoms with Crippen molar-refractivity contribution in [3.05, 3.63) is 39.8 Å². The van der Waals surface area contributed by atoms with Gasteiger partial charge in [0.1, 0.15) is 12.4 Å². The largest absolute Gasteiger partial charge is 0.487 e. The fourth-order valence-corrected chi connectivity index (χ4v) is 1.85. The van der Waals surface area contributed by atoms with E-state index >= 15 is 0 Å². The SMILES string of the molecule is C=C(COc1ccc(Cl)cc1Br)C(=O)OCC. The van der Waals surface area contributed by atoms with Gasteiger partial charge in [0.05, 0.1) is 16.7 Å². The van der Waals surface area contributed by atoms with Crippen LogP contribution in [0.2, 0.25) is 5.02 Å². The second-order valence-electron chi connectivity index (χ2n) is 3.19. The van der Waals surface area contributed by atoms with E-state index < -0.39 is 5.97 Å². The molecule has 0 aromatic heterocycles. The number of halogens is 2. The lowest BCUT2D eigenvalue weighted by molar-refractivity contribution is -0.138. The standard InChI is InChI=1S/C12H12BrClO3/c1-3-16-12(15)8(2)7-17-11-5-4-9(14)6-10(11)13/h4-6H,2-3,7H2,1H3. The third-order valence-electron chi connectivity index (χ3n) is 1.86. The molecule has 0 aliphatic rings. The van der Waals surface area contributed by atoms with Crippen LogP contribution in [0.5, 0.6) is 5.75 Å². The van der Waals surface area contributed by atoms with Crippen LogP contribution >= 0.6 is 27.5 Å². The summed E-state index contributed by atoms with van der Waals surface area (Å²) in [6.07, 6.45) is 0. The summed E-state index contributed by atoms with van der Waals surface area (Å²) in [6.45, 7) is 5.74. The Bertz CT molecular complexity index is 432. The van der Waals surface area contributed by atoms with Crippen molar-refractivity contribution >= 4 is 33.5 Å². The van der Waals surface area contributed by atoms with Crippen molar-refractivity contribution < 1.29 is 14.3 Å². The molecule has 0 aliphatic carbocycles. The van der Waals surface area contributed by atoms with Gasteiger partial charge in [-0.3, -0.25) is 0 Å². The molecule has 0 spiro atoms. The van der Waals surface area contributed by atoms with E-state index in [1.54, 1.807) is 25.1 Å². The van der Waals surface area contributed by atoms with Crippen LogP contribution in [0.3, 0.4) is 0 Å². The average molecular weight is 320 g/mol. The Hall–Kier alpha value is -1.00. The minimum Gasteiger partial charge on any atom is -0.487 e. The van der Waals surface area contributed by atoms with E-state index in [9.17, 15) is 4.79 Å². The normalized spacial score (nSPS) is 9.82.